The standard InChI is InChI=1S/C17H15N3O3/c1-22-14-9-7-13(8-10-14)16-19-20-17(23-16)15(21)18-11-12-5-3-2-4-6-12/h2-10H,11H2,1H3,(H,18,21). The maximum atomic E-state index is 12.0. The minimum atomic E-state index is -0.402. The van der Waals surface area contributed by atoms with Crippen LogP contribution in [0.2, 0.25) is 0 Å². The second-order valence-corrected chi connectivity index (χ2v) is 4.81. The van der Waals surface area contributed by atoms with Gasteiger partial charge in [0.05, 0.1) is 7.11 Å². The van der Waals surface area contributed by atoms with E-state index in [-0.39, 0.29) is 11.8 Å². The summed E-state index contributed by atoms with van der Waals surface area (Å²) >= 11 is 0. The Labute approximate surface area is 133 Å². The molecule has 0 saturated carbocycles. The molecule has 0 atom stereocenters. The fourth-order valence-corrected chi connectivity index (χ4v) is 2.02. The minimum Gasteiger partial charge on any atom is -0.497 e. The van der Waals surface area contributed by atoms with Gasteiger partial charge in [0, 0.05) is 12.1 Å². The van der Waals surface area contributed by atoms with Crippen LogP contribution in [0, 0.1) is 0 Å². The molecule has 6 nitrogen and oxygen atoms in total. The number of methoxy groups -OCH3 is 1. The molecule has 116 valence electrons. The normalized spacial score (nSPS) is 10.3. The highest BCUT2D eigenvalue weighted by Gasteiger charge is 2.15. The summed E-state index contributed by atoms with van der Waals surface area (Å²) < 4.78 is 10.5. The van der Waals surface area contributed by atoms with Crippen molar-refractivity contribution < 1.29 is 13.9 Å². The average molecular weight is 309 g/mol. The quantitative estimate of drug-likeness (QED) is 0.784. The van der Waals surface area contributed by atoms with Crippen LogP contribution in [0.1, 0.15) is 16.2 Å². The average Bonchev–Trinajstić information content (AvgIpc) is 3.11. The molecule has 0 bridgehead atoms. The number of carbonyl (C=O) groups is 1. The third kappa shape index (κ3) is 3.55. The molecule has 0 radical (unpaired) electrons. The summed E-state index contributed by atoms with van der Waals surface area (Å²) in [4.78, 5) is 12.0. The predicted octanol–water partition coefficient (Wildman–Crippen LogP) is 2.68. The van der Waals surface area contributed by atoms with E-state index in [1.165, 1.54) is 0 Å². The van der Waals surface area contributed by atoms with Crippen molar-refractivity contribution in [3.8, 4) is 17.2 Å². The highest BCUT2D eigenvalue weighted by Crippen LogP contribution is 2.21. The van der Waals surface area contributed by atoms with Crippen LogP contribution in [0.3, 0.4) is 0 Å². The van der Waals surface area contributed by atoms with Gasteiger partial charge in [0.1, 0.15) is 5.75 Å². The van der Waals surface area contributed by atoms with E-state index in [2.05, 4.69) is 15.5 Å². The van der Waals surface area contributed by atoms with Crippen LogP contribution < -0.4 is 10.1 Å². The van der Waals surface area contributed by atoms with E-state index in [0.29, 0.717) is 6.54 Å². The first-order valence-corrected chi connectivity index (χ1v) is 7.06. The Bertz CT molecular complexity index is 782. The van der Waals surface area contributed by atoms with E-state index in [0.717, 1.165) is 16.9 Å². The zero-order valence-electron chi connectivity index (χ0n) is 12.5. The monoisotopic (exact) mass is 309 g/mol. The van der Waals surface area contributed by atoms with Gasteiger partial charge in [-0.3, -0.25) is 4.79 Å². The molecule has 0 aliphatic rings. The molecule has 1 amide bonds. The number of aromatic nitrogens is 2. The van der Waals surface area contributed by atoms with E-state index in [1.807, 2.05) is 30.3 Å². The summed E-state index contributed by atoms with van der Waals surface area (Å²) in [7, 11) is 1.59. The van der Waals surface area contributed by atoms with Gasteiger partial charge in [0.15, 0.2) is 0 Å². The number of carbonyl (C=O) groups excluding carboxylic acids is 1. The van der Waals surface area contributed by atoms with E-state index in [9.17, 15) is 4.79 Å². The first kappa shape index (κ1) is 14.8. The Balaban J connectivity index is 1.67. The molecular formula is C17H15N3O3. The summed E-state index contributed by atoms with van der Waals surface area (Å²) in [5.41, 5.74) is 1.72. The van der Waals surface area contributed by atoms with E-state index in [4.69, 9.17) is 9.15 Å². The topological polar surface area (TPSA) is 77.2 Å². The third-order valence-corrected chi connectivity index (χ3v) is 3.25. The van der Waals surface area contributed by atoms with Crippen LogP contribution >= 0.6 is 0 Å². The molecule has 1 aromatic heterocycles. The second kappa shape index (κ2) is 6.74. The van der Waals surface area contributed by atoms with Crippen LogP contribution in [-0.2, 0) is 6.54 Å². The lowest BCUT2D eigenvalue weighted by molar-refractivity contribution is 0.0917. The van der Waals surface area contributed by atoms with Gasteiger partial charge in [-0.25, -0.2) is 0 Å². The van der Waals surface area contributed by atoms with Gasteiger partial charge in [-0.2, -0.15) is 0 Å². The number of nitrogens with one attached hydrogen (secondary N) is 1. The Hall–Kier alpha value is -3.15. The molecule has 1 heterocycles. The summed E-state index contributed by atoms with van der Waals surface area (Å²) in [5, 5.41) is 10.4. The first-order chi connectivity index (χ1) is 11.3. The van der Waals surface area contributed by atoms with Crippen molar-refractivity contribution in [2.24, 2.45) is 0 Å². The summed E-state index contributed by atoms with van der Waals surface area (Å²) in [6, 6.07) is 16.8. The van der Waals surface area contributed by atoms with Crippen molar-refractivity contribution >= 4 is 5.91 Å². The number of hydrogen-bond donors (Lipinski definition) is 1. The maximum absolute atomic E-state index is 12.0. The van der Waals surface area contributed by atoms with Crippen molar-refractivity contribution in [1.82, 2.24) is 15.5 Å². The molecule has 3 rings (SSSR count). The predicted molar refractivity (Wildman–Crippen MR) is 83.9 cm³/mol. The van der Waals surface area contributed by atoms with Crippen molar-refractivity contribution in [2.45, 2.75) is 6.54 Å². The number of nitrogens with zero attached hydrogens (tertiary/aromatic N) is 2. The lowest BCUT2D eigenvalue weighted by Gasteiger charge is -2.02. The fourth-order valence-electron chi connectivity index (χ4n) is 2.02. The number of benzene rings is 2. The molecule has 0 aliphatic heterocycles. The van der Waals surface area contributed by atoms with Gasteiger partial charge in [0.25, 0.3) is 0 Å². The maximum Gasteiger partial charge on any atom is 0.309 e. The Morgan fingerprint density at radius 2 is 1.83 bits per heavy atom. The number of rotatable bonds is 5. The van der Waals surface area contributed by atoms with Gasteiger partial charge in [0.2, 0.25) is 5.89 Å². The summed E-state index contributed by atoms with van der Waals surface area (Å²) in [6.45, 7) is 0.403. The number of amides is 1. The highest BCUT2D eigenvalue weighted by molar-refractivity contribution is 5.89. The molecule has 1 N–H and O–H groups in total. The van der Waals surface area contributed by atoms with Gasteiger partial charge >= 0.3 is 11.8 Å². The summed E-state index contributed by atoms with van der Waals surface area (Å²) in [5.74, 6) is 0.555. The van der Waals surface area contributed by atoms with E-state index in [1.54, 1.807) is 31.4 Å². The SMILES string of the molecule is COc1ccc(-c2nnc(C(=O)NCc3ccccc3)o2)cc1. The smallest absolute Gasteiger partial charge is 0.309 e. The second-order valence-electron chi connectivity index (χ2n) is 4.81. The fraction of sp³-hybridized carbons (Fsp3) is 0.118. The van der Waals surface area contributed by atoms with Gasteiger partial charge in [-0.1, -0.05) is 30.3 Å². The zero-order chi connectivity index (χ0) is 16.1. The zero-order valence-corrected chi connectivity index (χ0v) is 12.5. The van der Waals surface area contributed by atoms with Crippen molar-refractivity contribution in [2.75, 3.05) is 7.11 Å². The lowest BCUT2D eigenvalue weighted by atomic mass is 10.2. The minimum absolute atomic E-state index is 0.0632. The van der Waals surface area contributed by atoms with Crippen LogP contribution in [0.4, 0.5) is 0 Å². The molecule has 2 aromatic carbocycles. The van der Waals surface area contributed by atoms with Crippen molar-refractivity contribution in [3.63, 3.8) is 0 Å². The first-order valence-electron chi connectivity index (χ1n) is 7.06. The van der Waals surface area contributed by atoms with Crippen molar-refractivity contribution in [1.29, 1.82) is 0 Å². The highest BCUT2D eigenvalue weighted by atomic mass is 16.5. The molecule has 0 saturated heterocycles. The molecule has 0 aliphatic carbocycles. The van der Waals surface area contributed by atoms with Gasteiger partial charge in [-0.05, 0) is 29.8 Å². The summed E-state index contributed by atoms with van der Waals surface area (Å²) in [6.07, 6.45) is 0. The molecule has 0 unspecified atom stereocenters. The van der Waals surface area contributed by atoms with Crippen LogP contribution in [0.5, 0.6) is 5.75 Å². The molecule has 3 aromatic rings. The Morgan fingerprint density at radius 3 is 2.52 bits per heavy atom. The molecule has 6 heteroatoms. The van der Waals surface area contributed by atoms with Crippen LogP contribution in [-0.4, -0.2) is 23.2 Å². The molecule has 0 fully saturated rings. The van der Waals surface area contributed by atoms with Gasteiger partial charge < -0.3 is 14.5 Å². The molecule has 23 heavy (non-hydrogen) atoms. The van der Waals surface area contributed by atoms with E-state index >= 15 is 0 Å². The van der Waals surface area contributed by atoms with Crippen LogP contribution in [0.25, 0.3) is 11.5 Å². The molecule has 0 spiro atoms. The molecular weight excluding hydrogens is 294 g/mol. The van der Waals surface area contributed by atoms with Crippen molar-refractivity contribution in [3.05, 3.63) is 66.1 Å². The number of ether oxygens (including phenoxy) is 1. The Kier molecular flexibility index (Phi) is 4.33. The van der Waals surface area contributed by atoms with Crippen LogP contribution in [0.15, 0.2) is 59.0 Å². The third-order valence-electron chi connectivity index (χ3n) is 3.25. The lowest BCUT2D eigenvalue weighted by Crippen LogP contribution is -2.23. The number of hydrogen-bond acceptors (Lipinski definition) is 5. The van der Waals surface area contributed by atoms with Gasteiger partial charge in [-0.15, -0.1) is 10.2 Å². The largest absolute Gasteiger partial charge is 0.497 e. The Morgan fingerprint density at radius 1 is 1.09 bits per heavy atom. The van der Waals surface area contributed by atoms with E-state index < -0.39 is 5.91 Å².